The van der Waals surface area contributed by atoms with E-state index in [1.807, 2.05) is 18.2 Å². The fourth-order valence-corrected chi connectivity index (χ4v) is 5.42. The highest BCUT2D eigenvalue weighted by Crippen LogP contribution is 2.35. The standard InChI is InChI=1S/C23H22ClN3O4S/c1-15-16(2)31-26-23(15)27(14-30-3)32(28,29)22-7-5-4-6-21(22)17-10-18(12-24)20-8-9-25-13-19(20)11-17/h4-11,13H,12,14H2,1-3H3. The van der Waals surface area contributed by atoms with Gasteiger partial charge in [0, 0.05) is 41.9 Å². The van der Waals surface area contributed by atoms with Crippen LogP contribution in [0.15, 0.2) is 64.3 Å². The van der Waals surface area contributed by atoms with Gasteiger partial charge in [-0.25, -0.2) is 12.7 Å². The molecule has 7 nitrogen and oxygen atoms in total. The molecule has 0 aliphatic heterocycles. The second kappa shape index (κ2) is 8.90. The Bertz CT molecular complexity index is 1390. The quantitative estimate of drug-likeness (QED) is 0.277. The molecule has 2 aromatic carbocycles. The molecule has 0 aliphatic rings. The molecule has 0 unspecified atom stereocenters. The van der Waals surface area contributed by atoms with E-state index in [1.54, 1.807) is 50.5 Å². The molecule has 2 aromatic heterocycles. The van der Waals surface area contributed by atoms with Crippen molar-refractivity contribution in [1.82, 2.24) is 10.1 Å². The summed E-state index contributed by atoms with van der Waals surface area (Å²) in [5.74, 6) is 1.03. The highest BCUT2D eigenvalue weighted by molar-refractivity contribution is 7.93. The van der Waals surface area contributed by atoms with Crippen LogP contribution in [-0.4, -0.2) is 32.4 Å². The number of nitrogens with zero attached hydrogens (tertiary/aromatic N) is 3. The van der Waals surface area contributed by atoms with Gasteiger partial charge in [-0.3, -0.25) is 4.98 Å². The van der Waals surface area contributed by atoms with Gasteiger partial charge in [-0.2, -0.15) is 0 Å². The number of pyridine rings is 1. The predicted octanol–water partition coefficient (Wildman–Crippen LogP) is 5.04. The molecule has 0 aliphatic carbocycles. The zero-order valence-corrected chi connectivity index (χ0v) is 19.4. The number of sulfonamides is 1. The van der Waals surface area contributed by atoms with E-state index < -0.39 is 10.0 Å². The lowest BCUT2D eigenvalue weighted by Gasteiger charge is -2.23. The van der Waals surface area contributed by atoms with Crippen LogP contribution in [0, 0.1) is 13.8 Å². The SMILES string of the molecule is COCN(c1noc(C)c1C)S(=O)(=O)c1ccccc1-c1cc(CCl)c2ccncc2c1. The number of rotatable bonds is 7. The molecule has 9 heteroatoms. The number of aryl methyl sites for hydroxylation is 1. The molecule has 0 radical (unpaired) electrons. The van der Waals surface area contributed by atoms with Crippen LogP contribution in [-0.2, 0) is 20.6 Å². The molecule has 0 amide bonds. The summed E-state index contributed by atoms with van der Waals surface area (Å²) in [6, 6.07) is 12.6. The van der Waals surface area contributed by atoms with Crippen molar-refractivity contribution in [2.45, 2.75) is 24.6 Å². The molecule has 0 fully saturated rings. The Morgan fingerprint density at radius 1 is 1.16 bits per heavy atom. The normalized spacial score (nSPS) is 11.8. The van der Waals surface area contributed by atoms with E-state index in [-0.39, 0.29) is 23.3 Å². The maximum Gasteiger partial charge on any atom is 0.268 e. The van der Waals surface area contributed by atoms with Crippen LogP contribution in [0.5, 0.6) is 0 Å². The minimum atomic E-state index is -4.04. The third-order valence-electron chi connectivity index (χ3n) is 5.36. The van der Waals surface area contributed by atoms with E-state index in [2.05, 4.69) is 10.1 Å². The van der Waals surface area contributed by atoms with Crippen LogP contribution in [0.2, 0.25) is 0 Å². The van der Waals surface area contributed by atoms with Crippen molar-refractivity contribution in [2.75, 3.05) is 18.1 Å². The van der Waals surface area contributed by atoms with Crippen molar-refractivity contribution in [3.63, 3.8) is 0 Å². The number of hydrogen-bond donors (Lipinski definition) is 0. The summed E-state index contributed by atoms with van der Waals surface area (Å²) >= 11 is 6.20. The summed E-state index contributed by atoms with van der Waals surface area (Å²) in [6.45, 7) is 3.28. The van der Waals surface area contributed by atoms with E-state index in [0.29, 0.717) is 16.9 Å². The number of ether oxygens (including phenoxy) is 1. The molecule has 0 saturated carbocycles. The Hall–Kier alpha value is -2.94. The zero-order chi connectivity index (χ0) is 22.9. The lowest BCUT2D eigenvalue weighted by Crippen LogP contribution is -2.34. The first-order valence-corrected chi connectivity index (χ1v) is 11.8. The lowest BCUT2D eigenvalue weighted by atomic mass is 9.98. The number of anilines is 1. The Morgan fingerprint density at radius 2 is 1.94 bits per heavy atom. The first kappa shape index (κ1) is 22.3. The summed E-state index contributed by atoms with van der Waals surface area (Å²) < 4.78 is 39.2. The molecule has 4 rings (SSSR count). The Balaban J connectivity index is 1.91. The number of fused-ring (bicyclic) bond motifs is 1. The van der Waals surface area contributed by atoms with Crippen molar-refractivity contribution in [3.8, 4) is 11.1 Å². The van der Waals surface area contributed by atoms with Gasteiger partial charge in [0.1, 0.15) is 12.5 Å². The van der Waals surface area contributed by atoms with Crippen LogP contribution < -0.4 is 4.31 Å². The molecular weight excluding hydrogens is 450 g/mol. The van der Waals surface area contributed by atoms with Crippen molar-refractivity contribution in [3.05, 3.63) is 71.7 Å². The van der Waals surface area contributed by atoms with Gasteiger partial charge in [-0.1, -0.05) is 23.4 Å². The van der Waals surface area contributed by atoms with Crippen LogP contribution >= 0.6 is 11.6 Å². The zero-order valence-electron chi connectivity index (χ0n) is 17.9. The topological polar surface area (TPSA) is 85.5 Å². The van der Waals surface area contributed by atoms with Crippen LogP contribution in [0.25, 0.3) is 21.9 Å². The molecule has 0 atom stereocenters. The average Bonchev–Trinajstić information content (AvgIpc) is 3.14. The van der Waals surface area contributed by atoms with E-state index in [9.17, 15) is 8.42 Å². The predicted molar refractivity (Wildman–Crippen MR) is 124 cm³/mol. The van der Waals surface area contributed by atoms with Gasteiger partial charge in [0.25, 0.3) is 10.0 Å². The molecule has 2 heterocycles. The third-order valence-corrected chi connectivity index (χ3v) is 7.42. The molecule has 32 heavy (non-hydrogen) atoms. The Morgan fingerprint density at radius 3 is 2.62 bits per heavy atom. The highest BCUT2D eigenvalue weighted by Gasteiger charge is 2.31. The first-order valence-electron chi connectivity index (χ1n) is 9.85. The maximum atomic E-state index is 13.8. The second-order valence-corrected chi connectivity index (χ2v) is 9.42. The van der Waals surface area contributed by atoms with Gasteiger partial charge in [0.2, 0.25) is 0 Å². The van der Waals surface area contributed by atoms with Gasteiger partial charge < -0.3 is 9.26 Å². The van der Waals surface area contributed by atoms with Crippen molar-refractivity contribution in [1.29, 1.82) is 0 Å². The lowest BCUT2D eigenvalue weighted by molar-refractivity contribution is 0.208. The maximum absolute atomic E-state index is 13.8. The van der Waals surface area contributed by atoms with Gasteiger partial charge in [-0.15, -0.1) is 11.6 Å². The molecule has 166 valence electrons. The number of methoxy groups -OCH3 is 1. The monoisotopic (exact) mass is 471 g/mol. The summed E-state index contributed by atoms with van der Waals surface area (Å²) in [7, 11) is -2.61. The first-order chi connectivity index (χ1) is 15.4. The van der Waals surface area contributed by atoms with Gasteiger partial charge in [-0.05, 0) is 54.6 Å². The largest absolute Gasteiger partial charge is 0.363 e. The molecule has 0 N–H and O–H groups in total. The summed E-state index contributed by atoms with van der Waals surface area (Å²) in [5, 5.41) is 5.82. The second-order valence-electron chi connectivity index (χ2n) is 7.32. The fourth-order valence-electron chi connectivity index (χ4n) is 3.60. The number of benzene rings is 2. The molecule has 0 spiro atoms. The Labute approximate surface area is 191 Å². The van der Waals surface area contributed by atoms with Gasteiger partial charge in [0.15, 0.2) is 5.82 Å². The van der Waals surface area contributed by atoms with E-state index in [0.717, 1.165) is 26.2 Å². The van der Waals surface area contributed by atoms with Crippen molar-refractivity contribution >= 4 is 38.2 Å². The van der Waals surface area contributed by atoms with Crippen LogP contribution in [0.1, 0.15) is 16.9 Å². The highest BCUT2D eigenvalue weighted by atomic mass is 35.5. The van der Waals surface area contributed by atoms with E-state index >= 15 is 0 Å². The minimum absolute atomic E-state index is 0.126. The number of alkyl halides is 1. The molecular formula is C23H22ClN3O4S. The number of halogens is 1. The molecule has 0 saturated heterocycles. The average molecular weight is 472 g/mol. The summed E-state index contributed by atoms with van der Waals surface area (Å²) in [4.78, 5) is 4.32. The van der Waals surface area contributed by atoms with E-state index in [4.69, 9.17) is 20.9 Å². The van der Waals surface area contributed by atoms with E-state index in [1.165, 1.54) is 7.11 Å². The van der Waals surface area contributed by atoms with Gasteiger partial charge in [0.05, 0.1) is 4.90 Å². The van der Waals surface area contributed by atoms with Crippen LogP contribution in [0.3, 0.4) is 0 Å². The third kappa shape index (κ3) is 3.85. The summed E-state index contributed by atoms with van der Waals surface area (Å²) in [6.07, 6.45) is 3.45. The fraction of sp³-hybridized carbons (Fsp3) is 0.217. The Kier molecular flexibility index (Phi) is 6.19. The minimum Gasteiger partial charge on any atom is -0.363 e. The summed E-state index contributed by atoms with van der Waals surface area (Å²) in [5.41, 5.74) is 2.80. The molecule has 4 aromatic rings. The smallest absolute Gasteiger partial charge is 0.268 e. The van der Waals surface area contributed by atoms with Crippen molar-refractivity contribution in [2.24, 2.45) is 0 Å². The number of aromatic nitrogens is 2. The van der Waals surface area contributed by atoms with Gasteiger partial charge >= 0.3 is 0 Å². The van der Waals surface area contributed by atoms with Crippen molar-refractivity contribution < 1.29 is 17.7 Å². The number of hydrogen-bond acceptors (Lipinski definition) is 6. The molecule has 0 bridgehead atoms. The van der Waals surface area contributed by atoms with Crippen LogP contribution in [0.4, 0.5) is 5.82 Å².